The van der Waals surface area contributed by atoms with Crippen molar-refractivity contribution < 1.29 is 14.7 Å². The number of hydrogen-bond donors (Lipinski definition) is 3. The lowest BCUT2D eigenvalue weighted by atomic mass is 9.80. The van der Waals surface area contributed by atoms with E-state index < -0.39 is 17.4 Å². The minimum absolute atomic E-state index is 0.0359. The number of carbonyl (C=O) groups excluding carboxylic acids is 2. The molecular weight excluding hydrogens is 340 g/mol. The van der Waals surface area contributed by atoms with Crippen LogP contribution in [0.25, 0.3) is 0 Å². The lowest BCUT2D eigenvalue weighted by molar-refractivity contribution is -0.136. The standard InChI is InChI=1S/C19H19ClN2O3/c20-15-5-7-16(8-6-15)22-18(24)17(23)21-12-19(25)10-9-13-3-1-2-4-14(13)11-19/h1-8,25H,9-12H2,(H,21,23)(H,22,24). The van der Waals surface area contributed by atoms with Crippen LogP contribution in [0.1, 0.15) is 17.5 Å². The zero-order valence-electron chi connectivity index (χ0n) is 13.6. The molecule has 1 aliphatic carbocycles. The average molecular weight is 359 g/mol. The zero-order valence-corrected chi connectivity index (χ0v) is 14.3. The van der Waals surface area contributed by atoms with Crippen LogP contribution in [0, 0.1) is 0 Å². The summed E-state index contributed by atoms with van der Waals surface area (Å²) in [6.07, 6.45) is 1.75. The number of nitrogens with one attached hydrogen (secondary N) is 2. The SMILES string of the molecule is O=C(NCC1(O)CCc2ccccc2C1)C(=O)Nc1ccc(Cl)cc1. The molecule has 6 heteroatoms. The summed E-state index contributed by atoms with van der Waals surface area (Å²) in [5, 5.41) is 16.3. The van der Waals surface area contributed by atoms with Gasteiger partial charge in [0.25, 0.3) is 0 Å². The maximum atomic E-state index is 12.0. The Morgan fingerprint density at radius 3 is 2.44 bits per heavy atom. The van der Waals surface area contributed by atoms with E-state index in [0.717, 1.165) is 12.0 Å². The van der Waals surface area contributed by atoms with Crippen LogP contribution in [-0.2, 0) is 22.4 Å². The van der Waals surface area contributed by atoms with Crippen LogP contribution in [-0.4, -0.2) is 29.1 Å². The van der Waals surface area contributed by atoms with E-state index in [4.69, 9.17) is 11.6 Å². The number of aliphatic hydroxyl groups is 1. The lowest BCUT2D eigenvalue weighted by Gasteiger charge is -2.33. The fraction of sp³-hybridized carbons (Fsp3) is 0.263. The molecule has 0 fully saturated rings. The molecule has 2 aromatic carbocycles. The fourth-order valence-corrected chi connectivity index (χ4v) is 3.11. The minimum atomic E-state index is -1.04. The number of carbonyl (C=O) groups is 2. The second-order valence-electron chi connectivity index (χ2n) is 6.31. The molecule has 0 bridgehead atoms. The van der Waals surface area contributed by atoms with Crippen molar-refractivity contribution in [2.45, 2.75) is 24.9 Å². The molecule has 0 heterocycles. The molecule has 5 nitrogen and oxygen atoms in total. The smallest absolute Gasteiger partial charge is 0.313 e. The van der Waals surface area contributed by atoms with Crippen LogP contribution in [0.3, 0.4) is 0 Å². The summed E-state index contributed by atoms with van der Waals surface area (Å²) < 4.78 is 0. The summed E-state index contributed by atoms with van der Waals surface area (Å²) in [5.41, 5.74) is 1.75. The van der Waals surface area contributed by atoms with Crippen molar-refractivity contribution in [3.8, 4) is 0 Å². The molecular formula is C19H19ClN2O3. The molecule has 0 saturated carbocycles. The number of benzene rings is 2. The Balaban J connectivity index is 1.55. The predicted octanol–water partition coefficient (Wildman–Crippen LogP) is 2.31. The second-order valence-corrected chi connectivity index (χ2v) is 6.75. The largest absolute Gasteiger partial charge is 0.388 e. The molecule has 2 amide bonds. The number of anilines is 1. The summed E-state index contributed by atoms with van der Waals surface area (Å²) >= 11 is 5.78. The predicted molar refractivity (Wildman–Crippen MR) is 96.5 cm³/mol. The van der Waals surface area contributed by atoms with Crippen LogP contribution >= 0.6 is 11.6 Å². The van der Waals surface area contributed by atoms with Crippen LogP contribution in [0.4, 0.5) is 5.69 Å². The highest BCUT2D eigenvalue weighted by atomic mass is 35.5. The van der Waals surface area contributed by atoms with Crippen molar-refractivity contribution in [1.82, 2.24) is 5.32 Å². The van der Waals surface area contributed by atoms with E-state index >= 15 is 0 Å². The maximum absolute atomic E-state index is 12.0. The van der Waals surface area contributed by atoms with Gasteiger partial charge in [-0.1, -0.05) is 35.9 Å². The van der Waals surface area contributed by atoms with Gasteiger partial charge in [0.1, 0.15) is 0 Å². The number of fused-ring (bicyclic) bond motifs is 1. The molecule has 1 unspecified atom stereocenters. The number of aryl methyl sites for hydroxylation is 1. The Morgan fingerprint density at radius 1 is 1.04 bits per heavy atom. The Morgan fingerprint density at radius 2 is 1.72 bits per heavy atom. The quantitative estimate of drug-likeness (QED) is 0.737. The number of halogens is 1. The molecule has 3 rings (SSSR count). The summed E-state index contributed by atoms with van der Waals surface area (Å²) in [6.45, 7) is 0.0359. The lowest BCUT2D eigenvalue weighted by Crippen LogP contribution is -2.49. The zero-order chi connectivity index (χ0) is 17.9. The van der Waals surface area contributed by atoms with Gasteiger partial charge in [-0.25, -0.2) is 0 Å². The first-order valence-corrected chi connectivity index (χ1v) is 8.47. The van der Waals surface area contributed by atoms with Crippen molar-refractivity contribution in [2.24, 2.45) is 0 Å². The molecule has 0 saturated heterocycles. The third kappa shape index (κ3) is 4.38. The molecule has 0 aliphatic heterocycles. The number of hydrogen-bond acceptors (Lipinski definition) is 3. The Hall–Kier alpha value is -2.37. The summed E-state index contributed by atoms with van der Waals surface area (Å²) in [5.74, 6) is -1.55. The Labute approximate surface area is 151 Å². The number of rotatable bonds is 3. The molecule has 130 valence electrons. The van der Waals surface area contributed by atoms with Gasteiger partial charge >= 0.3 is 11.8 Å². The highest BCUT2D eigenvalue weighted by molar-refractivity contribution is 6.39. The van der Waals surface area contributed by atoms with Gasteiger partial charge < -0.3 is 15.7 Å². The van der Waals surface area contributed by atoms with Crippen molar-refractivity contribution in [3.63, 3.8) is 0 Å². The maximum Gasteiger partial charge on any atom is 0.313 e. The van der Waals surface area contributed by atoms with Crippen LogP contribution < -0.4 is 10.6 Å². The van der Waals surface area contributed by atoms with Crippen LogP contribution in [0.2, 0.25) is 5.02 Å². The van der Waals surface area contributed by atoms with Gasteiger partial charge in [0.05, 0.1) is 5.60 Å². The van der Waals surface area contributed by atoms with Gasteiger partial charge in [-0.15, -0.1) is 0 Å². The summed E-state index contributed by atoms with van der Waals surface area (Å²) in [6, 6.07) is 14.4. The van der Waals surface area contributed by atoms with Crippen molar-refractivity contribution in [3.05, 3.63) is 64.7 Å². The Kier molecular flexibility index (Phi) is 5.06. The van der Waals surface area contributed by atoms with Crippen LogP contribution in [0.15, 0.2) is 48.5 Å². The van der Waals surface area contributed by atoms with Crippen molar-refractivity contribution in [1.29, 1.82) is 0 Å². The van der Waals surface area contributed by atoms with E-state index in [-0.39, 0.29) is 6.54 Å². The third-order valence-electron chi connectivity index (χ3n) is 4.38. The van der Waals surface area contributed by atoms with Crippen molar-refractivity contribution in [2.75, 3.05) is 11.9 Å². The highest BCUT2D eigenvalue weighted by Crippen LogP contribution is 2.28. The summed E-state index contributed by atoms with van der Waals surface area (Å²) in [7, 11) is 0. The van der Waals surface area contributed by atoms with Crippen molar-refractivity contribution >= 4 is 29.1 Å². The molecule has 25 heavy (non-hydrogen) atoms. The molecule has 2 aromatic rings. The van der Waals surface area contributed by atoms with E-state index in [1.54, 1.807) is 24.3 Å². The van der Waals surface area contributed by atoms with E-state index in [0.29, 0.717) is 23.6 Å². The molecule has 0 aromatic heterocycles. The van der Waals surface area contributed by atoms with Crippen LogP contribution in [0.5, 0.6) is 0 Å². The van der Waals surface area contributed by atoms with Gasteiger partial charge in [0.15, 0.2) is 0 Å². The molecule has 0 radical (unpaired) electrons. The molecule has 1 aliphatic rings. The molecule has 3 N–H and O–H groups in total. The fourth-order valence-electron chi connectivity index (χ4n) is 2.98. The highest BCUT2D eigenvalue weighted by Gasteiger charge is 2.32. The summed E-state index contributed by atoms with van der Waals surface area (Å²) in [4.78, 5) is 23.9. The first-order valence-electron chi connectivity index (χ1n) is 8.09. The number of amides is 2. The topological polar surface area (TPSA) is 78.4 Å². The Bertz CT molecular complexity index is 792. The van der Waals surface area contributed by atoms with E-state index in [1.165, 1.54) is 5.56 Å². The van der Waals surface area contributed by atoms with E-state index in [2.05, 4.69) is 10.6 Å². The third-order valence-corrected chi connectivity index (χ3v) is 4.64. The minimum Gasteiger partial charge on any atom is -0.388 e. The van der Waals surface area contributed by atoms with E-state index in [9.17, 15) is 14.7 Å². The van der Waals surface area contributed by atoms with E-state index in [1.807, 2.05) is 24.3 Å². The average Bonchev–Trinajstić information content (AvgIpc) is 2.61. The van der Waals surface area contributed by atoms with Gasteiger partial charge in [0, 0.05) is 23.7 Å². The van der Waals surface area contributed by atoms with Gasteiger partial charge in [-0.05, 0) is 48.2 Å². The van der Waals surface area contributed by atoms with Gasteiger partial charge in [0.2, 0.25) is 0 Å². The first-order chi connectivity index (χ1) is 12.0. The van der Waals surface area contributed by atoms with Gasteiger partial charge in [-0.2, -0.15) is 0 Å². The molecule has 1 atom stereocenters. The second kappa shape index (κ2) is 7.25. The van der Waals surface area contributed by atoms with Gasteiger partial charge in [-0.3, -0.25) is 9.59 Å². The normalized spacial score (nSPS) is 19.0. The monoisotopic (exact) mass is 358 g/mol. The first kappa shape index (κ1) is 17.5. The molecule has 0 spiro atoms.